The first-order chi connectivity index (χ1) is 10.5. The van der Waals surface area contributed by atoms with Gasteiger partial charge in [-0.2, -0.15) is 0 Å². The monoisotopic (exact) mass is 311 g/mol. The van der Waals surface area contributed by atoms with Gasteiger partial charge >= 0.3 is 0 Å². The van der Waals surface area contributed by atoms with E-state index in [1.54, 1.807) is 0 Å². The van der Waals surface area contributed by atoms with Gasteiger partial charge in [0.25, 0.3) is 0 Å². The van der Waals surface area contributed by atoms with Crippen LogP contribution in [0.3, 0.4) is 0 Å². The number of anilines is 1. The Labute approximate surface area is 140 Å². The minimum atomic E-state index is -0.253. The van der Waals surface area contributed by atoms with Gasteiger partial charge in [-0.05, 0) is 36.0 Å². The lowest BCUT2D eigenvalue weighted by Gasteiger charge is -2.33. The quantitative estimate of drug-likeness (QED) is 0.608. The second-order valence-electron chi connectivity index (χ2n) is 7.97. The summed E-state index contributed by atoms with van der Waals surface area (Å²) in [4.78, 5) is 25.7. The summed E-state index contributed by atoms with van der Waals surface area (Å²) in [7, 11) is 6.16. The number of carbonyl (C=O) groups is 2. The Morgan fingerprint density at radius 2 is 1.70 bits per heavy atom. The zero-order valence-electron chi connectivity index (χ0n) is 14.8. The van der Waals surface area contributed by atoms with Crippen LogP contribution in [0.25, 0.3) is 0 Å². The summed E-state index contributed by atoms with van der Waals surface area (Å²) >= 11 is 0. The van der Waals surface area contributed by atoms with Crippen LogP contribution in [0.1, 0.15) is 59.4 Å². The predicted octanol–water partition coefficient (Wildman–Crippen LogP) is 4.01. The Kier molecular flexibility index (Phi) is 4.75. The van der Waals surface area contributed by atoms with E-state index in [-0.39, 0.29) is 28.5 Å². The molecule has 1 aromatic carbocycles. The van der Waals surface area contributed by atoms with E-state index in [0.717, 1.165) is 12.0 Å². The molecule has 1 unspecified atom stereocenters. The fourth-order valence-electron chi connectivity index (χ4n) is 3.59. The number of carbonyl (C=O) groups excluding carboxylic acids is 2. The minimum Gasteiger partial charge on any atom is -0.274 e. The van der Waals surface area contributed by atoms with Crippen molar-refractivity contribution in [2.45, 2.75) is 64.6 Å². The van der Waals surface area contributed by atoms with Crippen molar-refractivity contribution in [3.63, 3.8) is 0 Å². The van der Waals surface area contributed by atoms with Crippen LogP contribution in [0.5, 0.6) is 0 Å². The van der Waals surface area contributed by atoms with Crippen LogP contribution in [0.15, 0.2) is 24.3 Å². The number of imide groups is 1. The number of hydrogen-bond donors (Lipinski definition) is 0. The maximum absolute atomic E-state index is 12.3. The molecule has 2 radical (unpaired) electrons. The molecule has 0 aliphatic carbocycles. The first kappa shape index (κ1) is 17.8. The summed E-state index contributed by atoms with van der Waals surface area (Å²) in [6.45, 7) is 10.3. The van der Waals surface area contributed by atoms with Crippen LogP contribution in [0, 0.1) is 5.92 Å². The summed E-state index contributed by atoms with van der Waals surface area (Å²) in [6, 6.07) is 7.74. The number of rotatable bonds is 5. The lowest BCUT2D eigenvalue weighted by molar-refractivity contribution is -0.122. The Balaban J connectivity index is 2.23. The summed E-state index contributed by atoms with van der Waals surface area (Å²) in [5, 5.41) is -0.253. The molecule has 0 aromatic heterocycles. The molecule has 0 spiro atoms. The van der Waals surface area contributed by atoms with Gasteiger partial charge in [-0.1, -0.05) is 52.1 Å². The minimum absolute atomic E-state index is 0.0677. The highest BCUT2D eigenvalue weighted by Gasteiger charge is 2.38. The molecule has 1 aromatic rings. The van der Waals surface area contributed by atoms with Gasteiger partial charge in [-0.3, -0.25) is 14.5 Å². The molecule has 1 fully saturated rings. The molecule has 23 heavy (non-hydrogen) atoms. The van der Waals surface area contributed by atoms with Gasteiger partial charge in [0.05, 0.1) is 13.5 Å². The molecule has 122 valence electrons. The molecule has 0 bridgehead atoms. The first-order valence-electron chi connectivity index (χ1n) is 8.31. The molecular weight excluding hydrogens is 285 g/mol. The van der Waals surface area contributed by atoms with E-state index in [1.165, 1.54) is 4.90 Å². The molecule has 0 N–H and O–H groups in total. The average molecular weight is 311 g/mol. The smallest absolute Gasteiger partial charge is 0.237 e. The van der Waals surface area contributed by atoms with Crippen molar-refractivity contribution in [3.8, 4) is 0 Å². The molecule has 1 saturated heterocycles. The van der Waals surface area contributed by atoms with Gasteiger partial charge in [0, 0.05) is 12.3 Å². The Morgan fingerprint density at radius 1 is 1.13 bits per heavy atom. The zero-order valence-corrected chi connectivity index (χ0v) is 14.8. The van der Waals surface area contributed by atoms with E-state index < -0.39 is 0 Å². The van der Waals surface area contributed by atoms with Crippen LogP contribution in [-0.2, 0) is 15.0 Å². The number of nitrogens with zero attached hydrogens (tertiary/aromatic N) is 1. The molecule has 1 atom stereocenters. The van der Waals surface area contributed by atoms with Crippen molar-refractivity contribution >= 4 is 25.3 Å². The van der Waals surface area contributed by atoms with Crippen LogP contribution >= 0.6 is 0 Å². The van der Waals surface area contributed by atoms with Crippen molar-refractivity contribution in [2.75, 3.05) is 4.90 Å². The van der Waals surface area contributed by atoms with Crippen LogP contribution in [-0.4, -0.2) is 19.7 Å². The van der Waals surface area contributed by atoms with E-state index in [0.29, 0.717) is 18.5 Å². The molecule has 4 heteroatoms. The molecule has 3 nitrogen and oxygen atoms in total. The maximum atomic E-state index is 12.3. The van der Waals surface area contributed by atoms with Crippen molar-refractivity contribution in [2.24, 2.45) is 5.92 Å². The van der Waals surface area contributed by atoms with Crippen molar-refractivity contribution in [3.05, 3.63) is 29.8 Å². The second-order valence-corrected chi connectivity index (χ2v) is 7.97. The molecule has 1 aliphatic heterocycles. The van der Waals surface area contributed by atoms with Gasteiger partial charge < -0.3 is 0 Å². The van der Waals surface area contributed by atoms with Gasteiger partial charge in [0.2, 0.25) is 11.8 Å². The normalized spacial score (nSPS) is 19.5. The van der Waals surface area contributed by atoms with Crippen LogP contribution in [0.2, 0.25) is 5.31 Å². The fourth-order valence-corrected chi connectivity index (χ4v) is 3.59. The Bertz CT molecular complexity index is 599. The summed E-state index contributed by atoms with van der Waals surface area (Å²) < 4.78 is 0. The number of benzene rings is 1. The van der Waals surface area contributed by atoms with E-state index in [4.69, 9.17) is 7.85 Å². The SMILES string of the molecule is [B]C(C)(C)CC(C)(C)c1ccc(N2C(=O)CC(CC)C2=O)cc1. The van der Waals surface area contributed by atoms with Gasteiger partial charge in [-0.25, -0.2) is 0 Å². The van der Waals surface area contributed by atoms with Crippen LogP contribution in [0.4, 0.5) is 5.69 Å². The third-order valence-corrected chi connectivity index (χ3v) is 4.54. The van der Waals surface area contributed by atoms with E-state index >= 15 is 0 Å². The molecular formula is C19H26BNO2. The Morgan fingerprint density at radius 3 is 2.13 bits per heavy atom. The van der Waals surface area contributed by atoms with Gasteiger partial charge in [0.1, 0.15) is 0 Å². The molecule has 2 rings (SSSR count). The lowest BCUT2D eigenvalue weighted by atomic mass is 9.62. The van der Waals surface area contributed by atoms with Gasteiger partial charge in [0.15, 0.2) is 0 Å². The first-order valence-corrected chi connectivity index (χ1v) is 8.31. The Hall–Kier alpha value is -1.58. The average Bonchev–Trinajstić information content (AvgIpc) is 2.71. The van der Waals surface area contributed by atoms with E-state index in [1.807, 2.05) is 45.0 Å². The van der Waals surface area contributed by atoms with Crippen molar-refractivity contribution in [1.82, 2.24) is 0 Å². The lowest BCUT2D eigenvalue weighted by Crippen LogP contribution is -2.30. The molecule has 2 amide bonds. The van der Waals surface area contributed by atoms with Crippen molar-refractivity contribution < 1.29 is 9.59 Å². The van der Waals surface area contributed by atoms with Crippen molar-refractivity contribution in [1.29, 1.82) is 0 Å². The second kappa shape index (κ2) is 6.14. The highest BCUT2D eigenvalue weighted by atomic mass is 16.2. The predicted molar refractivity (Wildman–Crippen MR) is 94.8 cm³/mol. The number of amides is 2. The summed E-state index contributed by atoms with van der Waals surface area (Å²) in [5.41, 5.74) is 1.76. The van der Waals surface area contributed by atoms with Crippen LogP contribution < -0.4 is 4.90 Å². The topological polar surface area (TPSA) is 37.4 Å². The molecule has 0 saturated carbocycles. The molecule has 1 aliphatic rings. The van der Waals surface area contributed by atoms with E-state index in [9.17, 15) is 9.59 Å². The highest BCUT2D eigenvalue weighted by molar-refractivity contribution is 6.20. The maximum Gasteiger partial charge on any atom is 0.237 e. The largest absolute Gasteiger partial charge is 0.274 e. The third kappa shape index (κ3) is 3.85. The number of hydrogen-bond acceptors (Lipinski definition) is 2. The fraction of sp³-hybridized carbons (Fsp3) is 0.579. The van der Waals surface area contributed by atoms with Gasteiger partial charge in [-0.15, -0.1) is 0 Å². The zero-order chi connectivity index (χ0) is 17.4. The highest BCUT2D eigenvalue weighted by Crippen LogP contribution is 2.39. The third-order valence-electron chi connectivity index (χ3n) is 4.54. The van der Waals surface area contributed by atoms with E-state index in [2.05, 4.69) is 13.8 Å². The summed E-state index contributed by atoms with van der Waals surface area (Å²) in [6.07, 6.45) is 1.88. The molecule has 1 heterocycles. The summed E-state index contributed by atoms with van der Waals surface area (Å²) in [5.74, 6) is -0.346. The standard InChI is InChI=1S/C19H26BNO2/c1-6-13-11-16(22)21(17(13)23)15-9-7-14(8-10-15)18(2,3)12-19(4,5)20/h7-10,13H,6,11-12H2,1-5H3.